The van der Waals surface area contributed by atoms with Gasteiger partial charge in [-0.05, 0) is 47.9 Å². The molecule has 134 valence electrons. The maximum absolute atomic E-state index is 12.6. The lowest BCUT2D eigenvalue weighted by atomic mass is 10.1. The van der Waals surface area contributed by atoms with Crippen molar-refractivity contribution in [3.8, 4) is 5.88 Å². The van der Waals surface area contributed by atoms with Crippen LogP contribution in [0.3, 0.4) is 0 Å². The van der Waals surface area contributed by atoms with Crippen LogP contribution in [-0.4, -0.2) is 54.1 Å². The summed E-state index contributed by atoms with van der Waals surface area (Å²) < 4.78 is 5.23. The normalized spacial score (nSPS) is 16.5. The number of hydrogen-bond donors (Lipinski definition) is 1. The maximum atomic E-state index is 12.6. The minimum absolute atomic E-state index is 0.103. The van der Waals surface area contributed by atoms with Gasteiger partial charge in [-0.25, -0.2) is 9.78 Å². The zero-order valence-electron chi connectivity index (χ0n) is 14.9. The van der Waals surface area contributed by atoms with Gasteiger partial charge < -0.3 is 15.0 Å². The average Bonchev–Trinajstić information content (AvgIpc) is 3.16. The SMILES string of the molecule is COc1ncc(C)cc1NC(=O)N1CCN(C(C)c2ccsc2)CC1. The predicted octanol–water partition coefficient (Wildman–Crippen LogP) is 3.37. The number of anilines is 1. The second-order valence-electron chi connectivity index (χ2n) is 6.26. The number of carbonyl (C=O) groups excluding carboxylic acids is 1. The summed E-state index contributed by atoms with van der Waals surface area (Å²) in [7, 11) is 1.55. The summed E-state index contributed by atoms with van der Waals surface area (Å²) in [6, 6.07) is 4.33. The molecule has 1 aliphatic heterocycles. The van der Waals surface area contributed by atoms with E-state index in [-0.39, 0.29) is 6.03 Å². The summed E-state index contributed by atoms with van der Waals surface area (Å²) in [5.74, 6) is 0.434. The Morgan fingerprint density at radius 1 is 1.36 bits per heavy atom. The zero-order valence-corrected chi connectivity index (χ0v) is 15.7. The first-order chi connectivity index (χ1) is 12.1. The Bertz CT molecular complexity index is 712. The molecule has 1 N–H and O–H groups in total. The highest BCUT2D eigenvalue weighted by molar-refractivity contribution is 7.07. The van der Waals surface area contributed by atoms with Crippen LogP contribution in [0.1, 0.15) is 24.1 Å². The Hall–Kier alpha value is -2.12. The van der Waals surface area contributed by atoms with Gasteiger partial charge in [0.1, 0.15) is 5.69 Å². The van der Waals surface area contributed by atoms with E-state index < -0.39 is 0 Å². The van der Waals surface area contributed by atoms with Crippen LogP contribution in [0.25, 0.3) is 0 Å². The lowest BCUT2D eigenvalue weighted by Gasteiger charge is -2.37. The van der Waals surface area contributed by atoms with E-state index in [9.17, 15) is 4.79 Å². The molecule has 0 radical (unpaired) electrons. The fourth-order valence-corrected chi connectivity index (χ4v) is 3.79. The number of piperazine rings is 1. The molecule has 2 amide bonds. The molecule has 0 aromatic carbocycles. The van der Waals surface area contributed by atoms with E-state index in [1.54, 1.807) is 24.6 Å². The van der Waals surface area contributed by atoms with Crippen LogP contribution in [0.5, 0.6) is 5.88 Å². The Kier molecular flexibility index (Phi) is 5.55. The largest absolute Gasteiger partial charge is 0.480 e. The molecule has 25 heavy (non-hydrogen) atoms. The van der Waals surface area contributed by atoms with Gasteiger partial charge in [-0.15, -0.1) is 0 Å². The standard InChI is InChI=1S/C18H24N4O2S/c1-13-10-16(17(24-3)19-11-13)20-18(23)22-7-5-21(6-8-22)14(2)15-4-9-25-12-15/h4,9-12,14H,5-8H2,1-3H3,(H,20,23). The molecule has 1 atom stereocenters. The zero-order chi connectivity index (χ0) is 17.8. The molecule has 6 nitrogen and oxygen atoms in total. The fourth-order valence-electron chi connectivity index (χ4n) is 3.04. The van der Waals surface area contributed by atoms with Crippen LogP contribution in [0.15, 0.2) is 29.1 Å². The first-order valence-corrected chi connectivity index (χ1v) is 9.35. The van der Waals surface area contributed by atoms with E-state index >= 15 is 0 Å². The number of thiophene rings is 1. The first-order valence-electron chi connectivity index (χ1n) is 8.41. The maximum Gasteiger partial charge on any atom is 0.322 e. The van der Waals surface area contributed by atoms with Gasteiger partial charge in [-0.1, -0.05) is 0 Å². The van der Waals surface area contributed by atoms with E-state index in [4.69, 9.17) is 4.74 Å². The molecule has 1 aliphatic rings. The molecule has 7 heteroatoms. The van der Waals surface area contributed by atoms with Crippen molar-refractivity contribution >= 4 is 23.1 Å². The smallest absolute Gasteiger partial charge is 0.322 e. The van der Waals surface area contributed by atoms with Crippen LogP contribution in [0.2, 0.25) is 0 Å². The molecule has 1 fully saturated rings. The van der Waals surface area contributed by atoms with Crippen LogP contribution in [0.4, 0.5) is 10.5 Å². The van der Waals surface area contributed by atoms with Gasteiger partial charge in [-0.2, -0.15) is 11.3 Å². The van der Waals surface area contributed by atoms with Gasteiger partial charge in [0.25, 0.3) is 0 Å². The summed E-state index contributed by atoms with van der Waals surface area (Å²) >= 11 is 1.72. The molecule has 3 rings (SSSR count). The Morgan fingerprint density at radius 3 is 2.76 bits per heavy atom. The second kappa shape index (κ2) is 7.84. The molecule has 0 aliphatic carbocycles. The van der Waals surface area contributed by atoms with Crippen molar-refractivity contribution in [3.05, 3.63) is 40.2 Å². The second-order valence-corrected chi connectivity index (χ2v) is 7.04. The highest BCUT2D eigenvalue weighted by Crippen LogP contribution is 2.25. The van der Waals surface area contributed by atoms with Crippen molar-refractivity contribution < 1.29 is 9.53 Å². The van der Waals surface area contributed by atoms with Crippen molar-refractivity contribution in [3.63, 3.8) is 0 Å². The number of nitrogens with one attached hydrogen (secondary N) is 1. The Balaban J connectivity index is 1.58. The van der Waals surface area contributed by atoms with Crippen LogP contribution >= 0.6 is 11.3 Å². The number of rotatable bonds is 4. The summed E-state index contributed by atoms with van der Waals surface area (Å²) in [4.78, 5) is 21.0. The third-order valence-corrected chi connectivity index (χ3v) is 5.30. The quantitative estimate of drug-likeness (QED) is 0.908. The predicted molar refractivity (Wildman–Crippen MR) is 100 cm³/mol. The highest BCUT2D eigenvalue weighted by Gasteiger charge is 2.25. The van der Waals surface area contributed by atoms with Crippen molar-refractivity contribution in [1.82, 2.24) is 14.8 Å². The molecule has 2 aromatic heterocycles. The summed E-state index contributed by atoms with van der Waals surface area (Å²) in [6.45, 7) is 7.32. The van der Waals surface area contributed by atoms with Crippen LogP contribution in [0, 0.1) is 6.92 Å². The number of aromatic nitrogens is 1. The fraction of sp³-hybridized carbons (Fsp3) is 0.444. The number of ether oxygens (including phenoxy) is 1. The van der Waals surface area contributed by atoms with Gasteiger partial charge in [-0.3, -0.25) is 4.90 Å². The van der Waals surface area contributed by atoms with E-state index in [2.05, 4.69) is 39.0 Å². The van der Waals surface area contributed by atoms with Gasteiger partial charge >= 0.3 is 6.03 Å². The number of urea groups is 1. The highest BCUT2D eigenvalue weighted by atomic mass is 32.1. The number of hydrogen-bond acceptors (Lipinski definition) is 5. The van der Waals surface area contributed by atoms with Gasteiger partial charge in [0.15, 0.2) is 0 Å². The van der Waals surface area contributed by atoms with Crippen LogP contribution < -0.4 is 10.1 Å². The first kappa shape index (κ1) is 17.7. The van der Waals surface area contributed by atoms with Crippen molar-refractivity contribution in [1.29, 1.82) is 0 Å². The third-order valence-electron chi connectivity index (χ3n) is 4.60. The minimum Gasteiger partial charge on any atom is -0.480 e. The van der Waals surface area contributed by atoms with E-state index in [0.717, 1.165) is 18.7 Å². The number of carbonyl (C=O) groups is 1. The minimum atomic E-state index is -0.103. The molecular weight excluding hydrogens is 336 g/mol. The van der Waals surface area contributed by atoms with Gasteiger partial charge in [0.2, 0.25) is 5.88 Å². The number of aryl methyl sites for hydroxylation is 1. The average molecular weight is 360 g/mol. The molecular formula is C18H24N4O2S. The van der Waals surface area contributed by atoms with Gasteiger partial charge in [0, 0.05) is 38.4 Å². The molecule has 0 saturated carbocycles. The van der Waals surface area contributed by atoms with Gasteiger partial charge in [0.05, 0.1) is 7.11 Å². The van der Waals surface area contributed by atoms with Crippen molar-refractivity contribution in [2.75, 3.05) is 38.6 Å². The number of methoxy groups -OCH3 is 1. The lowest BCUT2D eigenvalue weighted by Crippen LogP contribution is -2.50. The van der Waals surface area contributed by atoms with Crippen molar-refractivity contribution in [2.45, 2.75) is 19.9 Å². The lowest BCUT2D eigenvalue weighted by molar-refractivity contribution is 0.119. The third kappa shape index (κ3) is 4.11. The van der Waals surface area contributed by atoms with E-state index in [1.807, 2.05) is 17.9 Å². The summed E-state index contributed by atoms with van der Waals surface area (Å²) in [5, 5.41) is 7.23. The Labute approximate surface area is 152 Å². The molecule has 0 bridgehead atoms. The molecule has 1 unspecified atom stereocenters. The van der Waals surface area contributed by atoms with Crippen LogP contribution in [-0.2, 0) is 0 Å². The number of nitrogens with zero attached hydrogens (tertiary/aromatic N) is 3. The van der Waals surface area contributed by atoms with Crippen molar-refractivity contribution in [2.24, 2.45) is 0 Å². The molecule has 0 spiro atoms. The van der Waals surface area contributed by atoms with E-state index in [0.29, 0.717) is 30.7 Å². The summed E-state index contributed by atoms with van der Waals surface area (Å²) in [6.07, 6.45) is 1.72. The number of amides is 2. The van der Waals surface area contributed by atoms with E-state index in [1.165, 1.54) is 5.56 Å². The summed E-state index contributed by atoms with van der Waals surface area (Å²) in [5.41, 5.74) is 2.94. The molecule has 1 saturated heterocycles. The topological polar surface area (TPSA) is 57.7 Å². The monoisotopic (exact) mass is 360 g/mol. The Morgan fingerprint density at radius 2 is 2.12 bits per heavy atom. The molecule has 3 heterocycles. The number of pyridine rings is 1. The molecule has 2 aromatic rings.